The SMILES string of the molecule is COc1cc(CNC(=S)NCCCOC(=O)C(C)(C)Cc2ccccc2)ccc1O. The van der Waals surface area contributed by atoms with Gasteiger partial charge in [0.15, 0.2) is 16.6 Å². The van der Waals surface area contributed by atoms with Crippen LogP contribution >= 0.6 is 12.2 Å². The number of thiocarbonyl (C=S) groups is 1. The third-order valence-corrected chi connectivity index (χ3v) is 4.87. The standard InChI is InChI=1S/C23H30N2O4S/c1-23(2,15-17-8-5-4-6-9-17)21(27)29-13-7-12-24-22(30)25-16-18-10-11-19(26)20(14-18)28-3/h4-6,8-11,14,26H,7,12-13,15-16H2,1-3H3,(H2,24,25,30). The Balaban J connectivity index is 1.63. The number of esters is 1. The second-order valence-electron chi connectivity index (χ2n) is 7.65. The van der Waals surface area contributed by atoms with Crippen molar-refractivity contribution in [2.24, 2.45) is 5.41 Å². The minimum Gasteiger partial charge on any atom is -0.504 e. The molecule has 7 heteroatoms. The van der Waals surface area contributed by atoms with Gasteiger partial charge in [0.25, 0.3) is 0 Å². The van der Waals surface area contributed by atoms with Gasteiger partial charge in [-0.05, 0) is 62.2 Å². The predicted molar refractivity (Wildman–Crippen MR) is 122 cm³/mol. The van der Waals surface area contributed by atoms with Crippen molar-refractivity contribution in [1.82, 2.24) is 10.6 Å². The quantitative estimate of drug-likeness (QED) is 0.302. The van der Waals surface area contributed by atoms with Gasteiger partial charge in [0.05, 0.1) is 19.1 Å². The van der Waals surface area contributed by atoms with Crippen molar-refractivity contribution in [3.05, 3.63) is 59.7 Å². The molecular formula is C23H30N2O4S. The summed E-state index contributed by atoms with van der Waals surface area (Å²) in [5, 5.41) is 16.3. The first-order valence-corrected chi connectivity index (χ1v) is 10.3. The van der Waals surface area contributed by atoms with E-state index in [1.165, 1.54) is 7.11 Å². The lowest BCUT2D eigenvalue weighted by Gasteiger charge is -2.22. The van der Waals surface area contributed by atoms with Crippen LogP contribution in [-0.2, 0) is 22.5 Å². The summed E-state index contributed by atoms with van der Waals surface area (Å²) in [6, 6.07) is 15.1. The largest absolute Gasteiger partial charge is 0.504 e. The van der Waals surface area contributed by atoms with Crippen LogP contribution in [0.3, 0.4) is 0 Å². The van der Waals surface area contributed by atoms with Gasteiger partial charge in [0, 0.05) is 13.1 Å². The van der Waals surface area contributed by atoms with Crippen LogP contribution in [0.5, 0.6) is 11.5 Å². The summed E-state index contributed by atoms with van der Waals surface area (Å²) in [5.74, 6) is 0.321. The van der Waals surface area contributed by atoms with Crippen LogP contribution in [0, 0.1) is 5.41 Å². The van der Waals surface area contributed by atoms with Crippen molar-refractivity contribution >= 4 is 23.3 Å². The number of nitrogens with one attached hydrogen (secondary N) is 2. The van der Waals surface area contributed by atoms with Crippen LogP contribution < -0.4 is 15.4 Å². The van der Waals surface area contributed by atoms with Gasteiger partial charge in [-0.2, -0.15) is 0 Å². The smallest absolute Gasteiger partial charge is 0.311 e. The Morgan fingerprint density at radius 1 is 1.10 bits per heavy atom. The summed E-state index contributed by atoms with van der Waals surface area (Å²) in [6.45, 7) is 5.24. The number of methoxy groups -OCH3 is 1. The lowest BCUT2D eigenvalue weighted by atomic mass is 9.86. The minimum atomic E-state index is -0.573. The van der Waals surface area contributed by atoms with Crippen molar-refractivity contribution in [3.8, 4) is 11.5 Å². The fourth-order valence-electron chi connectivity index (χ4n) is 2.89. The maximum Gasteiger partial charge on any atom is 0.311 e. The summed E-state index contributed by atoms with van der Waals surface area (Å²) < 4.78 is 10.5. The zero-order valence-corrected chi connectivity index (χ0v) is 18.6. The number of carbonyl (C=O) groups excluding carboxylic acids is 1. The molecule has 0 aliphatic carbocycles. The molecule has 0 unspecified atom stereocenters. The van der Waals surface area contributed by atoms with Gasteiger partial charge in [0.2, 0.25) is 0 Å². The molecule has 0 saturated carbocycles. The zero-order chi connectivity index (χ0) is 22.0. The Labute approximate surface area is 183 Å². The Kier molecular flexibility index (Phi) is 8.92. The predicted octanol–water partition coefficient (Wildman–Crippen LogP) is 3.57. The second-order valence-corrected chi connectivity index (χ2v) is 8.06. The molecule has 0 aromatic heterocycles. The molecule has 6 nitrogen and oxygen atoms in total. The van der Waals surface area contributed by atoms with Gasteiger partial charge in [-0.15, -0.1) is 0 Å². The highest BCUT2D eigenvalue weighted by Gasteiger charge is 2.29. The van der Waals surface area contributed by atoms with E-state index in [0.29, 0.717) is 43.4 Å². The molecule has 162 valence electrons. The van der Waals surface area contributed by atoms with Crippen molar-refractivity contribution in [3.63, 3.8) is 0 Å². The highest BCUT2D eigenvalue weighted by molar-refractivity contribution is 7.80. The summed E-state index contributed by atoms with van der Waals surface area (Å²) in [6.07, 6.45) is 1.29. The van der Waals surface area contributed by atoms with Gasteiger partial charge in [-0.25, -0.2) is 0 Å². The first-order chi connectivity index (χ1) is 14.3. The molecule has 0 fully saturated rings. The van der Waals surface area contributed by atoms with Crippen LogP contribution in [0.25, 0.3) is 0 Å². The first-order valence-electron chi connectivity index (χ1n) is 9.90. The fraction of sp³-hybridized carbons (Fsp3) is 0.391. The van der Waals surface area contributed by atoms with Crippen molar-refractivity contribution in [1.29, 1.82) is 0 Å². The number of hydrogen-bond acceptors (Lipinski definition) is 5. The van der Waals surface area contributed by atoms with Crippen LogP contribution in [-0.4, -0.2) is 36.4 Å². The highest BCUT2D eigenvalue weighted by Crippen LogP contribution is 2.26. The summed E-state index contributed by atoms with van der Waals surface area (Å²) in [7, 11) is 1.51. The molecule has 2 aromatic carbocycles. The number of benzene rings is 2. The molecule has 30 heavy (non-hydrogen) atoms. The lowest BCUT2D eigenvalue weighted by molar-refractivity contribution is -0.153. The molecule has 0 amide bonds. The van der Waals surface area contributed by atoms with Gasteiger partial charge in [0.1, 0.15) is 0 Å². The van der Waals surface area contributed by atoms with E-state index in [2.05, 4.69) is 10.6 Å². The molecular weight excluding hydrogens is 400 g/mol. The zero-order valence-electron chi connectivity index (χ0n) is 17.7. The molecule has 2 rings (SSSR count). The highest BCUT2D eigenvalue weighted by atomic mass is 32.1. The molecule has 0 saturated heterocycles. The van der Waals surface area contributed by atoms with Gasteiger partial charge in [-0.1, -0.05) is 36.4 Å². The molecule has 0 bridgehead atoms. The fourth-order valence-corrected chi connectivity index (χ4v) is 3.06. The number of carbonyl (C=O) groups is 1. The average Bonchev–Trinajstić information content (AvgIpc) is 2.73. The van der Waals surface area contributed by atoms with Crippen molar-refractivity contribution < 1.29 is 19.4 Å². The van der Waals surface area contributed by atoms with E-state index in [-0.39, 0.29) is 11.7 Å². The van der Waals surface area contributed by atoms with Crippen LogP contribution in [0.1, 0.15) is 31.4 Å². The number of rotatable bonds is 10. The third kappa shape index (κ3) is 7.55. The van der Waals surface area contributed by atoms with E-state index in [4.69, 9.17) is 21.7 Å². The number of ether oxygens (including phenoxy) is 2. The Bertz CT molecular complexity index is 840. The average molecular weight is 431 g/mol. The monoisotopic (exact) mass is 430 g/mol. The topological polar surface area (TPSA) is 79.8 Å². The van der Waals surface area contributed by atoms with E-state index in [0.717, 1.165) is 11.1 Å². The molecule has 0 heterocycles. The number of aromatic hydroxyl groups is 1. The maximum atomic E-state index is 12.4. The lowest BCUT2D eigenvalue weighted by Crippen LogP contribution is -2.36. The first kappa shape index (κ1) is 23.5. The van der Waals surface area contributed by atoms with Gasteiger partial charge < -0.3 is 25.2 Å². The Morgan fingerprint density at radius 3 is 2.53 bits per heavy atom. The molecule has 2 aromatic rings. The van der Waals surface area contributed by atoms with Crippen molar-refractivity contribution in [2.45, 2.75) is 33.2 Å². The van der Waals surface area contributed by atoms with E-state index in [1.807, 2.05) is 44.2 Å². The van der Waals surface area contributed by atoms with Gasteiger partial charge >= 0.3 is 5.97 Å². The van der Waals surface area contributed by atoms with Crippen molar-refractivity contribution in [2.75, 3.05) is 20.3 Å². The molecule has 0 spiro atoms. The molecule has 3 N–H and O–H groups in total. The number of hydrogen-bond donors (Lipinski definition) is 3. The summed E-state index contributed by atoms with van der Waals surface area (Å²) >= 11 is 5.26. The van der Waals surface area contributed by atoms with Crippen LogP contribution in [0.15, 0.2) is 48.5 Å². The number of phenols is 1. The number of phenolic OH excluding ortho intramolecular Hbond substituents is 1. The summed E-state index contributed by atoms with van der Waals surface area (Å²) in [4.78, 5) is 12.4. The van der Waals surface area contributed by atoms with E-state index < -0.39 is 5.41 Å². The summed E-state index contributed by atoms with van der Waals surface area (Å²) in [5.41, 5.74) is 1.48. The van der Waals surface area contributed by atoms with E-state index in [1.54, 1.807) is 18.2 Å². The van der Waals surface area contributed by atoms with E-state index >= 15 is 0 Å². The van der Waals surface area contributed by atoms with Crippen LogP contribution in [0.4, 0.5) is 0 Å². The molecule has 0 aliphatic heterocycles. The normalized spacial score (nSPS) is 10.9. The van der Waals surface area contributed by atoms with Crippen LogP contribution in [0.2, 0.25) is 0 Å². The van der Waals surface area contributed by atoms with E-state index in [9.17, 15) is 9.90 Å². The maximum absolute atomic E-state index is 12.4. The Morgan fingerprint density at radius 2 is 1.83 bits per heavy atom. The molecule has 0 radical (unpaired) electrons. The van der Waals surface area contributed by atoms with Gasteiger partial charge in [-0.3, -0.25) is 4.79 Å². The molecule has 0 atom stereocenters. The second kappa shape index (κ2) is 11.4. The Hall–Kier alpha value is -2.80. The molecule has 0 aliphatic rings. The minimum absolute atomic E-state index is 0.100. The third-order valence-electron chi connectivity index (χ3n) is 4.58.